The summed E-state index contributed by atoms with van der Waals surface area (Å²) in [7, 11) is 0. The number of rotatable bonds is 6. The summed E-state index contributed by atoms with van der Waals surface area (Å²) in [5.41, 5.74) is 1.53. The van der Waals surface area contributed by atoms with Crippen LogP contribution in [0.15, 0.2) is 24.3 Å². The normalized spacial score (nSPS) is 13.3. The third-order valence-corrected chi connectivity index (χ3v) is 3.38. The number of hydrogen-bond acceptors (Lipinski definition) is 3. The fourth-order valence-electron chi connectivity index (χ4n) is 1.84. The van der Waals surface area contributed by atoms with Crippen molar-refractivity contribution in [2.45, 2.75) is 39.3 Å². The van der Waals surface area contributed by atoms with Crippen molar-refractivity contribution in [2.24, 2.45) is 5.92 Å². The summed E-state index contributed by atoms with van der Waals surface area (Å²) in [6.07, 6.45) is 0.136. The van der Waals surface area contributed by atoms with Crippen molar-refractivity contribution in [3.8, 4) is 6.07 Å². The van der Waals surface area contributed by atoms with Crippen molar-refractivity contribution in [1.82, 2.24) is 10.6 Å². The van der Waals surface area contributed by atoms with E-state index in [1.807, 2.05) is 32.9 Å². The number of carbonyl (C=O) groups is 1. The number of nitrogens with zero attached hydrogens (tertiary/aromatic N) is 1. The Hall–Kier alpha value is -2.06. The number of benzene rings is 1. The molecule has 2 amide bonds. The Labute approximate surface area is 126 Å². The van der Waals surface area contributed by atoms with Crippen molar-refractivity contribution in [1.29, 1.82) is 5.26 Å². The van der Waals surface area contributed by atoms with Crippen molar-refractivity contribution in [2.75, 3.05) is 6.54 Å². The number of amides is 2. The van der Waals surface area contributed by atoms with E-state index in [4.69, 9.17) is 5.26 Å². The molecule has 0 radical (unpaired) electrons. The summed E-state index contributed by atoms with van der Waals surface area (Å²) in [4.78, 5) is 11.7. The molecule has 21 heavy (non-hydrogen) atoms. The molecule has 0 spiro atoms. The third kappa shape index (κ3) is 5.84. The van der Waals surface area contributed by atoms with Gasteiger partial charge in [-0.3, -0.25) is 0 Å². The van der Waals surface area contributed by atoms with Gasteiger partial charge >= 0.3 is 6.03 Å². The van der Waals surface area contributed by atoms with Crippen LogP contribution in [0.4, 0.5) is 4.79 Å². The fraction of sp³-hybridized carbons (Fsp3) is 0.500. The molecule has 0 aliphatic rings. The predicted octanol–water partition coefficient (Wildman–Crippen LogP) is 2.33. The van der Waals surface area contributed by atoms with Crippen LogP contribution in [0.3, 0.4) is 0 Å². The Morgan fingerprint density at radius 3 is 2.43 bits per heavy atom. The van der Waals surface area contributed by atoms with Gasteiger partial charge in [0.1, 0.15) is 0 Å². The molecule has 5 heteroatoms. The second kappa shape index (κ2) is 8.28. The van der Waals surface area contributed by atoms with Gasteiger partial charge in [-0.2, -0.15) is 5.26 Å². The SMILES string of the molecule is CC(NC(=O)NCCC(O)C(C)C)c1ccc(C#N)cc1. The zero-order valence-electron chi connectivity index (χ0n) is 12.8. The van der Waals surface area contributed by atoms with Crippen LogP contribution >= 0.6 is 0 Å². The topological polar surface area (TPSA) is 85.2 Å². The molecule has 0 saturated carbocycles. The molecule has 0 saturated heterocycles. The van der Waals surface area contributed by atoms with Gasteiger partial charge in [0.2, 0.25) is 0 Å². The van der Waals surface area contributed by atoms with Crippen LogP contribution in [-0.4, -0.2) is 23.8 Å². The van der Waals surface area contributed by atoms with Gasteiger partial charge in [-0.05, 0) is 37.0 Å². The van der Waals surface area contributed by atoms with Crippen molar-refractivity contribution >= 4 is 6.03 Å². The lowest BCUT2D eigenvalue weighted by molar-refractivity contribution is 0.116. The zero-order chi connectivity index (χ0) is 15.8. The van der Waals surface area contributed by atoms with E-state index in [-0.39, 0.29) is 18.0 Å². The van der Waals surface area contributed by atoms with Crippen LogP contribution in [0.25, 0.3) is 0 Å². The number of nitriles is 1. The summed E-state index contributed by atoms with van der Waals surface area (Å²) in [5.74, 6) is 0.187. The number of carbonyl (C=O) groups excluding carboxylic acids is 1. The molecule has 0 aliphatic heterocycles. The van der Waals surface area contributed by atoms with Crippen LogP contribution < -0.4 is 10.6 Å². The van der Waals surface area contributed by atoms with E-state index in [9.17, 15) is 9.90 Å². The van der Waals surface area contributed by atoms with E-state index in [0.717, 1.165) is 5.56 Å². The number of hydrogen-bond donors (Lipinski definition) is 3. The first kappa shape index (κ1) is 17.0. The Morgan fingerprint density at radius 2 is 1.90 bits per heavy atom. The second-order valence-electron chi connectivity index (χ2n) is 5.46. The van der Waals surface area contributed by atoms with Gasteiger partial charge in [-0.25, -0.2) is 4.79 Å². The molecule has 3 N–H and O–H groups in total. The summed E-state index contributed by atoms with van der Waals surface area (Å²) in [6, 6.07) is 8.76. The van der Waals surface area contributed by atoms with Crippen molar-refractivity contribution in [3.63, 3.8) is 0 Å². The molecular weight excluding hydrogens is 266 g/mol. The molecule has 2 unspecified atom stereocenters. The van der Waals surface area contributed by atoms with E-state index >= 15 is 0 Å². The van der Waals surface area contributed by atoms with Gasteiger partial charge in [-0.1, -0.05) is 26.0 Å². The smallest absolute Gasteiger partial charge is 0.315 e. The van der Waals surface area contributed by atoms with Crippen LogP contribution in [0, 0.1) is 17.2 Å². The Kier molecular flexibility index (Phi) is 6.70. The minimum atomic E-state index is -0.402. The van der Waals surface area contributed by atoms with Crippen LogP contribution in [-0.2, 0) is 0 Å². The van der Waals surface area contributed by atoms with E-state index in [1.165, 1.54) is 0 Å². The number of nitrogens with one attached hydrogen (secondary N) is 2. The van der Waals surface area contributed by atoms with E-state index in [0.29, 0.717) is 18.5 Å². The van der Waals surface area contributed by atoms with Gasteiger partial charge in [0.05, 0.1) is 23.8 Å². The lowest BCUT2D eigenvalue weighted by Crippen LogP contribution is -2.38. The van der Waals surface area contributed by atoms with Gasteiger partial charge in [-0.15, -0.1) is 0 Å². The fourth-order valence-corrected chi connectivity index (χ4v) is 1.84. The Balaban J connectivity index is 2.38. The largest absolute Gasteiger partial charge is 0.393 e. The molecule has 0 bridgehead atoms. The molecule has 2 atom stereocenters. The van der Waals surface area contributed by atoms with Gasteiger partial charge < -0.3 is 15.7 Å². The lowest BCUT2D eigenvalue weighted by atomic mass is 10.0. The number of aliphatic hydroxyl groups is 1. The van der Waals surface area contributed by atoms with E-state index in [2.05, 4.69) is 16.7 Å². The molecule has 0 heterocycles. The molecule has 1 aromatic rings. The molecule has 0 aromatic heterocycles. The standard InChI is InChI=1S/C16H23N3O2/c1-11(2)15(20)8-9-18-16(21)19-12(3)14-6-4-13(10-17)5-7-14/h4-7,11-12,15,20H,8-9H2,1-3H3,(H2,18,19,21). The molecule has 5 nitrogen and oxygen atoms in total. The van der Waals surface area contributed by atoms with Crippen LogP contribution in [0.5, 0.6) is 0 Å². The summed E-state index contributed by atoms with van der Waals surface area (Å²) >= 11 is 0. The first-order valence-corrected chi connectivity index (χ1v) is 7.16. The maximum atomic E-state index is 11.7. The van der Waals surface area contributed by atoms with Gasteiger partial charge in [0.25, 0.3) is 0 Å². The predicted molar refractivity (Wildman–Crippen MR) is 81.6 cm³/mol. The van der Waals surface area contributed by atoms with Crippen LogP contribution in [0.1, 0.15) is 44.4 Å². The lowest BCUT2D eigenvalue weighted by Gasteiger charge is -2.17. The van der Waals surface area contributed by atoms with E-state index in [1.54, 1.807) is 12.1 Å². The quantitative estimate of drug-likeness (QED) is 0.751. The average Bonchev–Trinajstić information content (AvgIpc) is 2.46. The summed E-state index contributed by atoms with van der Waals surface area (Å²) in [5, 5.41) is 23.9. The second-order valence-corrected chi connectivity index (χ2v) is 5.46. The highest BCUT2D eigenvalue weighted by atomic mass is 16.3. The third-order valence-electron chi connectivity index (χ3n) is 3.38. The molecule has 1 rings (SSSR count). The monoisotopic (exact) mass is 289 g/mol. The Morgan fingerprint density at radius 1 is 1.29 bits per heavy atom. The zero-order valence-corrected chi connectivity index (χ0v) is 12.8. The summed E-state index contributed by atoms with van der Waals surface area (Å²) < 4.78 is 0. The molecule has 0 aliphatic carbocycles. The Bertz CT molecular complexity index is 491. The molecule has 114 valence electrons. The molecular formula is C16H23N3O2. The van der Waals surface area contributed by atoms with Gasteiger partial charge in [0, 0.05) is 6.54 Å². The van der Waals surface area contributed by atoms with Crippen molar-refractivity contribution in [3.05, 3.63) is 35.4 Å². The highest BCUT2D eigenvalue weighted by Gasteiger charge is 2.11. The minimum Gasteiger partial charge on any atom is -0.393 e. The first-order valence-electron chi connectivity index (χ1n) is 7.16. The maximum absolute atomic E-state index is 11.7. The van der Waals surface area contributed by atoms with Crippen molar-refractivity contribution < 1.29 is 9.90 Å². The number of urea groups is 1. The first-order chi connectivity index (χ1) is 9.93. The van der Waals surface area contributed by atoms with E-state index < -0.39 is 6.10 Å². The maximum Gasteiger partial charge on any atom is 0.315 e. The highest BCUT2D eigenvalue weighted by Crippen LogP contribution is 2.12. The molecule has 0 fully saturated rings. The van der Waals surface area contributed by atoms with Gasteiger partial charge in [0.15, 0.2) is 0 Å². The minimum absolute atomic E-state index is 0.146. The summed E-state index contributed by atoms with van der Waals surface area (Å²) in [6.45, 7) is 6.20. The number of aliphatic hydroxyl groups excluding tert-OH is 1. The average molecular weight is 289 g/mol. The highest BCUT2D eigenvalue weighted by molar-refractivity contribution is 5.74. The van der Waals surface area contributed by atoms with Crippen LogP contribution in [0.2, 0.25) is 0 Å². The molecule has 1 aromatic carbocycles.